The van der Waals surface area contributed by atoms with Crippen LogP contribution in [0.15, 0.2) is 12.4 Å². The number of hydrogen-bond acceptors (Lipinski definition) is 3. The molecular formula is C13H23N3O. The lowest BCUT2D eigenvalue weighted by Crippen LogP contribution is -2.40. The van der Waals surface area contributed by atoms with Gasteiger partial charge in [0.15, 0.2) is 0 Å². The van der Waals surface area contributed by atoms with Gasteiger partial charge in [0.2, 0.25) is 0 Å². The first-order chi connectivity index (χ1) is 8.22. The van der Waals surface area contributed by atoms with Crippen LogP contribution >= 0.6 is 0 Å². The van der Waals surface area contributed by atoms with E-state index in [9.17, 15) is 0 Å². The van der Waals surface area contributed by atoms with Crippen molar-refractivity contribution in [3.63, 3.8) is 0 Å². The summed E-state index contributed by atoms with van der Waals surface area (Å²) in [6, 6.07) is -0.0550. The summed E-state index contributed by atoms with van der Waals surface area (Å²) in [5.74, 6) is 0. The smallest absolute Gasteiger partial charge is 0.0871 e. The van der Waals surface area contributed by atoms with E-state index in [2.05, 4.69) is 18.2 Å². The maximum absolute atomic E-state index is 6.38. The van der Waals surface area contributed by atoms with Crippen molar-refractivity contribution >= 4 is 0 Å². The first-order valence-electron chi connectivity index (χ1n) is 6.55. The molecule has 1 aromatic heterocycles. The van der Waals surface area contributed by atoms with E-state index in [1.165, 1.54) is 12.8 Å². The number of aromatic nitrogens is 2. The van der Waals surface area contributed by atoms with Crippen molar-refractivity contribution in [2.75, 3.05) is 7.11 Å². The SMILES string of the molecule is CCCn1cc(C(N)C2(OC)CCCC2)cn1. The molecule has 1 atom stereocenters. The van der Waals surface area contributed by atoms with Gasteiger partial charge in [-0.25, -0.2) is 0 Å². The van der Waals surface area contributed by atoms with E-state index in [0.29, 0.717) is 0 Å². The van der Waals surface area contributed by atoms with Crippen LogP contribution in [0.1, 0.15) is 50.6 Å². The van der Waals surface area contributed by atoms with Crippen molar-refractivity contribution in [3.8, 4) is 0 Å². The lowest BCUT2D eigenvalue weighted by Gasteiger charge is -2.33. The highest BCUT2D eigenvalue weighted by Crippen LogP contribution is 2.41. The average Bonchev–Trinajstić information content (AvgIpc) is 2.98. The highest BCUT2D eigenvalue weighted by atomic mass is 16.5. The van der Waals surface area contributed by atoms with Crippen molar-refractivity contribution in [1.29, 1.82) is 0 Å². The zero-order valence-electron chi connectivity index (χ0n) is 10.9. The molecule has 4 heteroatoms. The largest absolute Gasteiger partial charge is 0.376 e. The molecule has 1 fully saturated rings. The quantitative estimate of drug-likeness (QED) is 0.854. The fourth-order valence-corrected chi connectivity index (χ4v) is 2.81. The standard InChI is InChI=1S/C13H23N3O/c1-3-8-16-10-11(9-15-16)12(14)13(17-2)6-4-5-7-13/h9-10,12H,3-8,14H2,1-2H3. The summed E-state index contributed by atoms with van der Waals surface area (Å²) in [6.07, 6.45) is 9.58. The number of rotatable bonds is 5. The summed E-state index contributed by atoms with van der Waals surface area (Å²) in [6.45, 7) is 3.10. The molecule has 0 radical (unpaired) electrons. The summed E-state index contributed by atoms with van der Waals surface area (Å²) in [5.41, 5.74) is 7.31. The predicted octanol–water partition coefficient (Wildman–Crippen LogP) is 2.25. The monoisotopic (exact) mass is 237 g/mol. The minimum Gasteiger partial charge on any atom is -0.376 e. The van der Waals surface area contributed by atoms with Gasteiger partial charge < -0.3 is 10.5 Å². The third-order valence-electron chi connectivity index (χ3n) is 3.89. The van der Waals surface area contributed by atoms with Gasteiger partial charge in [0.25, 0.3) is 0 Å². The Hall–Kier alpha value is -0.870. The van der Waals surface area contributed by atoms with Gasteiger partial charge in [-0.05, 0) is 19.3 Å². The van der Waals surface area contributed by atoms with Gasteiger partial charge in [0.05, 0.1) is 17.8 Å². The summed E-state index contributed by atoms with van der Waals surface area (Å²) in [5, 5.41) is 4.34. The van der Waals surface area contributed by atoms with Crippen molar-refractivity contribution in [3.05, 3.63) is 18.0 Å². The first kappa shape index (κ1) is 12.6. The Morgan fingerprint density at radius 1 is 1.53 bits per heavy atom. The van der Waals surface area contributed by atoms with Gasteiger partial charge in [-0.3, -0.25) is 4.68 Å². The normalized spacial score (nSPS) is 20.6. The maximum atomic E-state index is 6.38. The molecule has 96 valence electrons. The summed E-state index contributed by atoms with van der Waals surface area (Å²) in [4.78, 5) is 0. The van der Waals surface area contributed by atoms with Gasteiger partial charge in [-0.15, -0.1) is 0 Å². The highest BCUT2D eigenvalue weighted by Gasteiger charge is 2.40. The van der Waals surface area contributed by atoms with Crippen LogP contribution < -0.4 is 5.73 Å². The Morgan fingerprint density at radius 3 is 2.82 bits per heavy atom. The molecule has 1 aromatic rings. The lowest BCUT2D eigenvalue weighted by molar-refractivity contribution is -0.0264. The number of aryl methyl sites for hydroxylation is 1. The zero-order valence-corrected chi connectivity index (χ0v) is 10.9. The Bertz CT molecular complexity index is 355. The maximum Gasteiger partial charge on any atom is 0.0871 e. The molecule has 17 heavy (non-hydrogen) atoms. The minimum atomic E-state index is -0.167. The molecule has 4 nitrogen and oxygen atoms in total. The topological polar surface area (TPSA) is 53.1 Å². The van der Waals surface area contributed by atoms with Crippen molar-refractivity contribution in [2.45, 2.75) is 57.2 Å². The van der Waals surface area contributed by atoms with E-state index in [4.69, 9.17) is 10.5 Å². The highest BCUT2D eigenvalue weighted by molar-refractivity contribution is 5.16. The first-order valence-corrected chi connectivity index (χ1v) is 6.55. The van der Waals surface area contributed by atoms with Crippen LogP contribution in [-0.2, 0) is 11.3 Å². The van der Waals surface area contributed by atoms with E-state index in [0.717, 1.165) is 31.4 Å². The summed E-state index contributed by atoms with van der Waals surface area (Å²) < 4.78 is 7.69. The van der Waals surface area contributed by atoms with E-state index < -0.39 is 0 Å². The second-order valence-corrected chi connectivity index (χ2v) is 4.99. The molecule has 2 rings (SSSR count). The molecule has 0 bridgehead atoms. The van der Waals surface area contributed by atoms with Gasteiger partial charge in [0, 0.05) is 25.4 Å². The van der Waals surface area contributed by atoms with Gasteiger partial charge in [0.1, 0.15) is 0 Å². The third-order valence-corrected chi connectivity index (χ3v) is 3.89. The minimum absolute atomic E-state index is 0.0550. The van der Waals surface area contributed by atoms with Gasteiger partial charge >= 0.3 is 0 Å². The van der Waals surface area contributed by atoms with Crippen LogP contribution in [0.2, 0.25) is 0 Å². The van der Waals surface area contributed by atoms with Gasteiger partial charge in [-0.2, -0.15) is 5.10 Å². The number of hydrogen-bond donors (Lipinski definition) is 1. The van der Waals surface area contributed by atoms with E-state index in [1.54, 1.807) is 7.11 Å². The molecule has 0 aromatic carbocycles. The molecule has 1 aliphatic carbocycles. The number of methoxy groups -OCH3 is 1. The second kappa shape index (κ2) is 5.19. The molecule has 1 unspecified atom stereocenters. The van der Waals surface area contributed by atoms with Crippen LogP contribution in [0.25, 0.3) is 0 Å². The van der Waals surface area contributed by atoms with Gasteiger partial charge in [-0.1, -0.05) is 19.8 Å². The predicted molar refractivity (Wildman–Crippen MR) is 67.7 cm³/mol. The average molecular weight is 237 g/mol. The Kier molecular flexibility index (Phi) is 3.84. The van der Waals surface area contributed by atoms with Crippen LogP contribution in [-0.4, -0.2) is 22.5 Å². The van der Waals surface area contributed by atoms with Crippen LogP contribution in [0.3, 0.4) is 0 Å². The lowest BCUT2D eigenvalue weighted by atomic mass is 9.89. The molecule has 1 aliphatic rings. The molecule has 0 aliphatic heterocycles. The van der Waals surface area contributed by atoms with E-state index in [-0.39, 0.29) is 11.6 Å². The Labute approximate surface area is 103 Å². The van der Waals surface area contributed by atoms with E-state index in [1.807, 2.05) is 10.9 Å². The number of nitrogens with two attached hydrogens (primary N) is 1. The fraction of sp³-hybridized carbons (Fsp3) is 0.769. The molecule has 1 heterocycles. The summed E-state index contributed by atoms with van der Waals surface area (Å²) >= 11 is 0. The molecule has 0 spiro atoms. The molecule has 1 saturated carbocycles. The molecule has 0 saturated heterocycles. The van der Waals surface area contributed by atoms with Crippen molar-refractivity contribution in [1.82, 2.24) is 9.78 Å². The third kappa shape index (κ3) is 2.38. The van der Waals surface area contributed by atoms with Crippen molar-refractivity contribution in [2.24, 2.45) is 5.73 Å². The van der Waals surface area contributed by atoms with Crippen molar-refractivity contribution < 1.29 is 4.74 Å². The molecular weight excluding hydrogens is 214 g/mol. The molecule has 0 amide bonds. The van der Waals surface area contributed by atoms with E-state index >= 15 is 0 Å². The Morgan fingerprint density at radius 2 is 2.24 bits per heavy atom. The summed E-state index contributed by atoms with van der Waals surface area (Å²) in [7, 11) is 1.78. The molecule has 2 N–H and O–H groups in total. The Balaban J connectivity index is 2.14. The zero-order chi connectivity index (χ0) is 12.3. The van der Waals surface area contributed by atoms with Crippen LogP contribution in [0.4, 0.5) is 0 Å². The fourth-order valence-electron chi connectivity index (χ4n) is 2.81. The number of nitrogens with zero attached hydrogens (tertiary/aromatic N) is 2. The number of ether oxygens (including phenoxy) is 1. The van der Waals surface area contributed by atoms with Crippen LogP contribution in [0.5, 0.6) is 0 Å². The van der Waals surface area contributed by atoms with Crippen LogP contribution in [0, 0.1) is 0 Å². The second-order valence-electron chi connectivity index (χ2n) is 4.99.